The van der Waals surface area contributed by atoms with Gasteiger partial charge in [0.05, 0.1) is 11.7 Å². The van der Waals surface area contributed by atoms with E-state index in [1.54, 1.807) is 27.7 Å². The molecule has 1 amide bonds. The predicted molar refractivity (Wildman–Crippen MR) is 87.4 cm³/mol. The molecule has 8 nitrogen and oxygen atoms in total. The van der Waals surface area contributed by atoms with Gasteiger partial charge in [-0.2, -0.15) is 5.10 Å². The van der Waals surface area contributed by atoms with Crippen LogP contribution in [0.4, 0.5) is 4.79 Å². The molecular weight excluding hydrogens is 336 g/mol. The molecule has 1 N–H and O–H groups in total. The topological polar surface area (TPSA) is 97.0 Å². The summed E-state index contributed by atoms with van der Waals surface area (Å²) in [5.74, 6) is -1.17. The zero-order valence-electron chi connectivity index (χ0n) is 14.1. The Balaban J connectivity index is 2.51. The SMILES string of the molecule is C[C@@H](c1c(C(=O)O)cnc2cc(Cl)nn12)N(C)C(=O)OC(C)(C)C. The Labute approximate surface area is 144 Å². The van der Waals surface area contributed by atoms with E-state index >= 15 is 0 Å². The fourth-order valence-electron chi connectivity index (χ4n) is 2.17. The molecule has 0 saturated carbocycles. The molecule has 0 aromatic carbocycles. The fourth-order valence-corrected chi connectivity index (χ4v) is 2.34. The lowest BCUT2D eigenvalue weighted by molar-refractivity contribution is 0.0226. The smallest absolute Gasteiger partial charge is 0.410 e. The highest BCUT2D eigenvalue weighted by Crippen LogP contribution is 2.26. The van der Waals surface area contributed by atoms with Crippen molar-refractivity contribution >= 4 is 29.3 Å². The molecule has 0 aliphatic carbocycles. The van der Waals surface area contributed by atoms with E-state index in [-0.39, 0.29) is 16.4 Å². The number of nitrogens with zero attached hydrogens (tertiary/aromatic N) is 4. The molecule has 0 radical (unpaired) electrons. The number of carbonyl (C=O) groups excluding carboxylic acids is 1. The maximum atomic E-state index is 12.3. The van der Waals surface area contributed by atoms with Crippen molar-refractivity contribution in [2.75, 3.05) is 7.05 Å². The Morgan fingerprint density at radius 3 is 2.58 bits per heavy atom. The number of aromatic carboxylic acids is 1. The monoisotopic (exact) mass is 354 g/mol. The Bertz CT molecular complexity index is 797. The van der Waals surface area contributed by atoms with Crippen LogP contribution in [-0.4, -0.2) is 49.3 Å². The van der Waals surface area contributed by atoms with Crippen molar-refractivity contribution in [3.63, 3.8) is 0 Å². The second kappa shape index (κ2) is 6.27. The van der Waals surface area contributed by atoms with Crippen molar-refractivity contribution in [1.82, 2.24) is 19.5 Å². The van der Waals surface area contributed by atoms with E-state index in [0.29, 0.717) is 5.65 Å². The van der Waals surface area contributed by atoms with Gasteiger partial charge in [-0.25, -0.2) is 19.1 Å². The van der Waals surface area contributed by atoms with Crippen LogP contribution in [-0.2, 0) is 4.74 Å². The highest BCUT2D eigenvalue weighted by Gasteiger charge is 2.29. The van der Waals surface area contributed by atoms with Crippen LogP contribution < -0.4 is 0 Å². The van der Waals surface area contributed by atoms with Crippen LogP contribution >= 0.6 is 11.6 Å². The summed E-state index contributed by atoms with van der Waals surface area (Å²) in [7, 11) is 1.53. The molecule has 0 unspecified atom stereocenters. The Kier molecular flexibility index (Phi) is 4.70. The van der Waals surface area contributed by atoms with Crippen LogP contribution in [0.1, 0.15) is 49.8 Å². The molecule has 0 saturated heterocycles. The van der Waals surface area contributed by atoms with Gasteiger partial charge in [0.1, 0.15) is 11.2 Å². The lowest BCUT2D eigenvalue weighted by Gasteiger charge is -2.29. The lowest BCUT2D eigenvalue weighted by atomic mass is 10.1. The average molecular weight is 355 g/mol. The molecule has 9 heteroatoms. The number of hydrogen-bond donors (Lipinski definition) is 1. The first-order valence-corrected chi connectivity index (χ1v) is 7.62. The van der Waals surface area contributed by atoms with Gasteiger partial charge in [0.15, 0.2) is 10.8 Å². The molecule has 2 rings (SSSR count). The third-order valence-electron chi connectivity index (χ3n) is 3.38. The predicted octanol–water partition coefficient (Wildman–Crippen LogP) is 3.01. The molecule has 0 bridgehead atoms. The van der Waals surface area contributed by atoms with Crippen LogP contribution in [0.3, 0.4) is 0 Å². The third-order valence-corrected chi connectivity index (χ3v) is 3.56. The minimum absolute atomic E-state index is 0.0647. The number of carboxylic acids is 1. The molecule has 0 spiro atoms. The number of rotatable bonds is 3. The largest absolute Gasteiger partial charge is 0.478 e. The Hall–Kier alpha value is -2.35. The zero-order valence-corrected chi connectivity index (χ0v) is 14.8. The van der Waals surface area contributed by atoms with Crippen molar-refractivity contribution in [2.45, 2.75) is 39.3 Å². The number of carbonyl (C=O) groups is 2. The van der Waals surface area contributed by atoms with Crippen LogP contribution in [0.25, 0.3) is 5.65 Å². The number of aromatic nitrogens is 3. The van der Waals surface area contributed by atoms with Gasteiger partial charge in [-0.15, -0.1) is 0 Å². The average Bonchev–Trinajstić information content (AvgIpc) is 2.82. The number of hydrogen-bond acceptors (Lipinski definition) is 5. The fraction of sp³-hybridized carbons (Fsp3) is 0.467. The minimum atomic E-state index is -1.17. The van der Waals surface area contributed by atoms with Crippen molar-refractivity contribution in [1.29, 1.82) is 0 Å². The van der Waals surface area contributed by atoms with Crippen LogP contribution in [0.15, 0.2) is 12.3 Å². The summed E-state index contributed by atoms with van der Waals surface area (Å²) in [6, 6.07) is 0.879. The highest BCUT2D eigenvalue weighted by atomic mass is 35.5. The van der Waals surface area contributed by atoms with E-state index in [2.05, 4.69) is 10.1 Å². The number of halogens is 1. The summed E-state index contributed by atoms with van der Waals surface area (Å²) in [6.07, 6.45) is 0.652. The molecule has 2 aromatic rings. The van der Waals surface area contributed by atoms with Crippen LogP contribution in [0.5, 0.6) is 0 Å². The van der Waals surface area contributed by atoms with Gasteiger partial charge in [-0.05, 0) is 27.7 Å². The number of carboxylic acid groups (broad SMARTS) is 1. The summed E-state index contributed by atoms with van der Waals surface area (Å²) in [5, 5.41) is 13.7. The molecule has 24 heavy (non-hydrogen) atoms. The van der Waals surface area contributed by atoms with Crippen LogP contribution in [0.2, 0.25) is 5.15 Å². The van der Waals surface area contributed by atoms with Gasteiger partial charge in [-0.3, -0.25) is 0 Å². The second-order valence-corrected chi connectivity index (χ2v) is 6.75. The maximum absolute atomic E-state index is 12.3. The first-order valence-electron chi connectivity index (χ1n) is 7.24. The molecule has 0 aliphatic heterocycles. The lowest BCUT2D eigenvalue weighted by Crippen LogP contribution is -2.37. The van der Waals surface area contributed by atoms with Crippen molar-refractivity contribution < 1.29 is 19.4 Å². The van der Waals surface area contributed by atoms with Crippen molar-refractivity contribution in [3.8, 4) is 0 Å². The van der Waals surface area contributed by atoms with Crippen molar-refractivity contribution in [2.24, 2.45) is 0 Å². The zero-order chi connectivity index (χ0) is 18.2. The summed E-state index contributed by atoms with van der Waals surface area (Å²) in [4.78, 5) is 29.2. The van der Waals surface area contributed by atoms with Gasteiger partial charge in [0.25, 0.3) is 0 Å². The van der Waals surface area contributed by atoms with Gasteiger partial charge < -0.3 is 14.7 Å². The quantitative estimate of drug-likeness (QED) is 0.909. The number of fused-ring (bicyclic) bond motifs is 1. The summed E-state index contributed by atoms with van der Waals surface area (Å²) in [6.45, 7) is 6.94. The van der Waals surface area contributed by atoms with E-state index < -0.39 is 23.7 Å². The second-order valence-electron chi connectivity index (χ2n) is 6.37. The first kappa shape index (κ1) is 18.0. The summed E-state index contributed by atoms with van der Waals surface area (Å²) in [5.41, 5.74) is -0.0501. The minimum Gasteiger partial charge on any atom is -0.478 e. The molecule has 2 heterocycles. The maximum Gasteiger partial charge on any atom is 0.410 e. The highest BCUT2D eigenvalue weighted by molar-refractivity contribution is 6.29. The molecule has 2 aromatic heterocycles. The first-order chi connectivity index (χ1) is 11.0. The normalized spacial score (nSPS) is 12.9. The summed E-state index contributed by atoms with van der Waals surface area (Å²) >= 11 is 5.90. The number of ether oxygens (including phenoxy) is 1. The van der Waals surface area contributed by atoms with Gasteiger partial charge in [0, 0.05) is 19.3 Å². The van der Waals surface area contributed by atoms with Gasteiger partial charge in [-0.1, -0.05) is 11.6 Å². The summed E-state index contributed by atoms with van der Waals surface area (Å²) < 4.78 is 6.66. The Morgan fingerprint density at radius 2 is 2.04 bits per heavy atom. The van der Waals surface area contributed by atoms with Crippen LogP contribution in [0, 0.1) is 0 Å². The van der Waals surface area contributed by atoms with Crippen molar-refractivity contribution in [3.05, 3.63) is 28.7 Å². The Morgan fingerprint density at radius 1 is 1.42 bits per heavy atom. The molecule has 1 atom stereocenters. The third kappa shape index (κ3) is 3.59. The molecule has 0 fully saturated rings. The number of amides is 1. The molecule has 130 valence electrons. The van der Waals surface area contributed by atoms with E-state index in [0.717, 1.165) is 0 Å². The van der Waals surface area contributed by atoms with Gasteiger partial charge in [0.2, 0.25) is 0 Å². The molecular formula is C15H19ClN4O4. The van der Waals surface area contributed by atoms with E-state index in [4.69, 9.17) is 16.3 Å². The van der Waals surface area contributed by atoms with E-state index in [1.807, 2.05) is 0 Å². The van der Waals surface area contributed by atoms with Gasteiger partial charge >= 0.3 is 12.1 Å². The van der Waals surface area contributed by atoms with E-state index in [1.165, 1.54) is 28.7 Å². The van der Waals surface area contributed by atoms with E-state index in [9.17, 15) is 14.7 Å². The standard InChI is InChI=1S/C15H19ClN4O4/c1-8(19(5)14(23)24-15(2,3)4)12-9(13(21)22)7-17-11-6-10(16)18-20(11)12/h6-8H,1-5H3,(H,21,22)/t8-/m0/s1. The molecule has 0 aliphatic rings.